The van der Waals surface area contributed by atoms with Gasteiger partial charge < -0.3 is 14.8 Å². The summed E-state index contributed by atoms with van der Waals surface area (Å²) < 4.78 is 10.6. The third kappa shape index (κ3) is 5.38. The summed E-state index contributed by atoms with van der Waals surface area (Å²) in [4.78, 5) is 12.7. The van der Waals surface area contributed by atoms with E-state index in [0.29, 0.717) is 33.5 Å². The van der Waals surface area contributed by atoms with E-state index in [1.54, 1.807) is 19.4 Å². The van der Waals surface area contributed by atoms with Crippen molar-refractivity contribution in [2.24, 2.45) is 0 Å². The molecule has 10 heteroatoms. The van der Waals surface area contributed by atoms with Gasteiger partial charge in [0.2, 0.25) is 10.3 Å². The van der Waals surface area contributed by atoms with Crippen LogP contribution in [-0.2, 0) is 9.53 Å². The first-order valence-corrected chi connectivity index (χ1v) is 11.3. The Morgan fingerprint density at radius 1 is 1.06 bits per heavy atom. The van der Waals surface area contributed by atoms with E-state index >= 15 is 0 Å². The molecule has 1 aromatic carbocycles. The second kappa shape index (κ2) is 10.5. The highest BCUT2D eigenvalue weighted by atomic mass is 32.1. The summed E-state index contributed by atoms with van der Waals surface area (Å²) in [6.45, 7) is 0. The fourth-order valence-corrected chi connectivity index (χ4v) is 4.67. The van der Waals surface area contributed by atoms with Crippen molar-refractivity contribution in [3.63, 3.8) is 0 Å². The number of aromatic nitrogens is 4. The Morgan fingerprint density at radius 3 is 2.59 bits per heavy atom. The van der Waals surface area contributed by atoms with Gasteiger partial charge in [-0.1, -0.05) is 23.5 Å². The van der Waals surface area contributed by atoms with Crippen molar-refractivity contribution < 1.29 is 14.3 Å². The number of amides is 1. The molecule has 0 unspecified atom stereocenters. The zero-order valence-corrected chi connectivity index (χ0v) is 18.8. The van der Waals surface area contributed by atoms with Crippen molar-refractivity contribution in [2.75, 3.05) is 24.9 Å². The van der Waals surface area contributed by atoms with Crippen molar-refractivity contribution in [3.8, 4) is 5.75 Å². The lowest BCUT2D eigenvalue weighted by Gasteiger charge is -2.28. The third-order valence-electron chi connectivity index (χ3n) is 5.59. The quantitative estimate of drug-likeness (QED) is 0.529. The van der Waals surface area contributed by atoms with Gasteiger partial charge in [0, 0.05) is 25.3 Å². The Kier molecular flexibility index (Phi) is 7.23. The van der Waals surface area contributed by atoms with Gasteiger partial charge in [0.15, 0.2) is 6.10 Å². The molecule has 0 radical (unpaired) electrons. The number of carbonyl (C=O) groups excluding carboxylic acids is 1. The van der Waals surface area contributed by atoms with E-state index in [1.807, 2.05) is 30.3 Å². The summed E-state index contributed by atoms with van der Waals surface area (Å²) in [6.07, 6.45) is 5.06. The van der Waals surface area contributed by atoms with Crippen LogP contribution in [0.1, 0.15) is 49.0 Å². The fourth-order valence-electron chi connectivity index (χ4n) is 3.94. The van der Waals surface area contributed by atoms with Gasteiger partial charge in [-0.2, -0.15) is 10.2 Å². The molecule has 1 aliphatic rings. The van der Waals surface area contributed by atoms with Crippen LogP contribution in [0.3, 0.4) is 0 Å². The first-order valence-electron chi connectivity index (χ1n) is 10.5. The summed E-state index contributed by atoms with van der Waals surface area (Å²) >= 11 is 1.31. The maximum absolute atomic E-state index is 12.7. The molecule has 0 saturated heterocycles. The third-order valence-corrected chi connectivity index (χ3v) is 6.36. The number of nitrogens with zero attached hydrogens (tertiary/aromatic N) is 4. The molecule has 1 fully saturated rings. The smallest absolute Gasteiger partial charge is 0.259 e. The van der Waals surface area contributed by atoms with E-state index < -0.39 is 6.10 Å². The molecule has 1 aliphatic carbocycles. The minimum atomic E-state index is -0.776. The fraction of sp³-hybridized carbons (Fsp3) is 0.409. The average Bonchev–Trinajstić information content (AvgIpc) is 3.27. The van der Waals surface area contributed by atoms with Crippen LogP contribution in [0.2, 0.25) is 0 Å². The number of nitrogens with one attached hydrogen (secondary N) is 2. The number of hydrogen-bond acceptors (Lipinski definition) is 9. The van der Waals surface area contributed by atoms with Crippen LogP contribution in [-0.4, -0.2) is 46.6 Å². The Bertz CT molecular complexity index is 1020. The van der Waals surface area contributed by atoms with Crippen molar-refractivity contribution in [2.45, 2.75) is 43.7 Å². The van der Waals surface area contributed by atoms with Crippen LogP contribution in [0.25, 0.3) is 0 Å². The molecule has 1 atom stereocenters. The van der Waals surface area contributed by atoms with E-state index in [-0.39, 0.29) is 5.91 Å². The van der Waals surface area contributed by atoms with Gasteiger partial charge in [-0.05, 0) is 55.5 Å². The summed E-state index contributed by atoms with van der Waals surface area (Å²) in [5.74, 6) is 0.801. The number of hydrogen-bond donors (Lipinski definition) is 2. The Morgan fingerprint density at radius 2 is 1.88 bits per heavy atom. The minimum Gasteiger partial charge on any atom is -0.497 e. The highest BCUT2D eigenvalue weighted by molar-refractivity contribution is 7.19. The van der Waals surface area contributed by atoms with Crippen LogP contribution in [0, 0.1) is 0 Å². The van der Waals surface area contributed by atoms with E-state index in [1.165, 1.54) is 18.4 Å². The Hall–Kier alpha value is -3.11. The topological polar surface area (TPSA) is 111 Å². The van der Waals surface area contributed by atoms with Gasteiger partial charge >= 0.3 is 0 Å². The predicted molar refractivity (Wildman–Crippen MR) is 122 cm³/mol. The second-order valence-corrected chi connectivity index (χ2v) is 8.61. The molecule has 0 bridgehead atoms. The minimum absolute atomic E-state index is 0.312. The molecule has 3 aromatic rings. The molecule has 9 nitrogen and oxygen atoms in total. The van der Waals surface area contributed by atoms with Crippen LogP contribution in [0.4, 0.5) is 10.3 Å². The second-order valence-electron chi connectivity index (χ2n) is 7.64. The number of rotatable bonds is 8. The van der Waals surface area contributed by atoms with E-state index in [9.17, 15) is 4.79 Å². The number of methoxy groups -OCH3 is 2. The van der Waals surface area contributed by atoms with Crippen molar-refractivity contribution >= 4 is 27.5 Å². The van der Waals surface area contributed by atoms with Gasteiger partial charge in [0.25, 0.3) is 5.91 Å². The number of carbonyl (C=O) groups is 1. The molecule has 1 saturated carbocycles. The molecule has 2 aromatic heterocycles. The van der Waals surface area contributed by atoms with Gasteiger partial charge in [-0.25, -0.2) is 0 Å². The first-order chi connectivity index (χ1) is 15.7. The molecule has 168 valence electrons. The normalized spacial score (nSPS) is 19.2. The highest BCUT2D eigenvalue weighted by Crippen LogP contribution is 2.33. The number of ether oxygens (including phenoxy) is 2. The van der Waals surface area contributed by atoms with Crippen molar-refractivity contribution in [3.05, 3.63) is 53.9 Å². The van der Waals surface area contributed by atoms with Gasteiger partial charge in [0.05, 0.1) is 12.8 Å². The lowest BCUT2D eigenvalue weighted by molar-refractivity contribution is -0.126. The molecule has 1 amide bonds. The molecule has 0 aliphatic heterocycles. The monoisotopic (exact) mass is 454 g/mol. The lowest BCUT2D eigenvalue weighted by Crippen LogP contribution is -2.25. The van der Waals surface area contributed by atoms with Crippen LogP contribution >= 0.6 is 11.3 Å². The van der Waals surface area contributed by atoms with Crippen LogP contribution in [0.15, 0.2) is 42.6 Å². The largest absolute Gasteiger partial charge is 0.497 e. The predicted octanol–water partition coefficient (Wildman–Crippen LogP) is 3.80. The van der Waals surface area contributed by atoms with E-state index in [4.69, 9.17) is 9.47 Å². The highest BCUT2D eigenvalue weighted by Gasteiger charge is 2.25. The molecule has 0 spiro atoms. The average molecular weight is 455 g/mol. The zero-order chi connectivity index (χ0) is 22.3. The SMILES string of the molecule is COc1cccc([C@@H](OC)C(=O)Nc2nnc(NC3CCC(c4cccnn4)CC3)s2)c1. The van der Waals surface area contributed by atoms with Gasteiger partial charge in [-0.15, -0.1) is 10.2 Å². The molecule has 2 N–H and O–H groups in total. The maximum Gasteiger partial charge on any atom is 0.259 e. The van der Waals surface area contributed by atoms with E-state index in [2.05, 4.69) is 31.0 Å². The van der Waals surface area contributed by atoms with Gasteiger partial charge in [0.1, 0.15) is 5.75 Å². The zero-order valence-electron chi connectivity index (χ0n) is 18.0. The van der Waals surface area contributed by atoms with Crippen molar-refractivity contribution in [1.29, 1.82) is 0 Å². The number of anilines is 2. The number of benzene rings is 1. The first kappa shape index (κ1) is 22.1. The molecular weight excluding hydrogens is 428 g/mol. The van der Waals surface area contributed by atoms with Crippen LogP contribution in [0.5, 0.6) is 5.75 Å². The summed E-state index contributed by atoms with van der Waals surface area (Å²) in [6, 6.07) is 11.5. The van der Waals surface area contributed by atoms with Crippen molar-refractivity contribution in [1.82, 2.24) is 20.4 Å². The summed E-state index contributed by atoms with van der Waals surface area (Å²) in [7, 11) is 3.08. The summed E-state index contributed by atoms with van der Waals surface area (Å²) in [5, 5.41) is 23.9. The molecule has 4 rings (SSSR count). The molecular formula is C22H26N6O3S. The Labute approximate surface area is 190 Å². The lowest BCUT2D eigenvalue weighted by atomic mass is 9.84. The molecule has 2 heterocycles. The maximum atomic E-state index is 12.7. The Balaban J connectivity index is 1.31. The summed E-state index contributed by atoms with van der Waals surface area (Å²) in [5.41, 5.74) is 1.77. The molecule has 32 heavy (non-hydrogen) atoms. The van der Waals surface area contributed by atoms with Gasteiger partial charge in [-0.3, -0.25) is 10.1 Å². The standard InChI is InChI=1S/C22H26N6O3S/c1-30-17-6-3-5-15(13-17)19(31-2)20(29)25-22-28-27-21(32-22)24-16-10-8-14(9-11-16)18-7-4-12-23-26-18/h3-7,12-14,16,19H,8-11H2,1-2H3,(H,24,27)(H,25,28,29)/t14?,16?,19-/m1/s1. The van der Waals surface area contributed by atoms with Crippen LogP contribution < -0.4 is 15.4 Å². The van der Waals surface area contributed by atoms with E-state index in [0.717, 1.165) is 31.4 Å².